The van der Waals surface area contributed by atoms with Crippen LogP contribution in [0.2, 0.25) is 0 Å². The van der Waals surface area contributed by atoms with Crippen LogP contribution in [0.15, 0.2) is 0 Å². The summed E-state index contributed by atoms with van der Waals surface area (Å²) in [6.45, 7) is 0. The lowest BCUT2D eigenvalue weighted by Crippen LogP contribution is -2.03. The van der Waals surface area contributed by atoms with Gasteiger partial charge in [0.25, 0.3) is 0 Å². The molecular formula is C3H10ClNS3. The first kappa shape index (κ1) is 9.30. The van der Waals surface area contributed by atoms with E-state index in [0.29, 0.717) is 0 Å². The Kier molecular flexibility index (Phi) is 5.94. The quantitative estimate of drug-likeness (QED) is 0.570. The highest BCUT2D eigenvalue weighted by Gasteiger charge is 2.03. The fourth-order valence-electron chi connectivity index (χ4n) is 0.405. The molecule has 0 saturated carbocycles. The summed E-state index contributed by atoms with van der Waals surface area (Å²) < 4.78 is 0. The van der Waals surface area contributed by atoms with Crippen molar-refractivity contribution in [2.24, 2.45) is 5.14 Å². The van der Waals surface area contributed by atoms with Gasteiger partial charge in [0, 0.05) is 15.3 Å². The van der Waals surface area contributed by atoms with Crippen molar-refractivity contribution in [2.45, 2.75) is 0 Å². The molecule has 52 valence electrons. The van der Waals surface area contributed by atoms with Crippen molar-refractivity contribution in [1.82, 2.24) is 0 Å². The molecule has 0 aromatic carbocycles. The molecule has 8 heavy (non-hydrogen) atoms. The molecule has 0 aliphatic carbocycles. The van der Waals surface area contributed by atoms with Gasteiger partial charge in [-0.05, 0) is 0 Å². The maximum absolute atomic E-state index is 5.66. The predicted octanol–water partition coefficient (Wildman–Crippen LogP) is 1.64. The van der Waals surface area contributed by atoms with Gasteiger partial charge in [0.1, 0.15) is 0 Å². The van der Waals surface area contributed by atoms with E-state index >= 15 is 0 Å². The molecule has 1 heterocycles. The summed E-state index contributed by atoms with van der Waals surface area (Å²) in [4.78, 5) is 0. The molecule has 2 N–H and O–H groups in total. The van der Waals surface area contributed by atoms with Crippen molar-refractivity contribution in [3.8, 4) is 0 Å². The third kappa shape index (κ3) is 3.35. The first-order valence-corrected chi connectivity index (χ1v) is 6.14. The van der Waals surface area contributed by atoms with Gasteiger partial charge in [-0.25, -0.2) is 0 Å². The van der Waals surface area contributed by atoms with Crippen LogP contribution in [0.1, 0.15) is 0 Å². The molecule has 0 spiro atoms. The van der Waals surface area contributed by atoms with Crippen LogP contribution in [0.4, 0.5) is 0 Å². The number of hydrogen-bond acceptors (Lipinski definition) is 3. The van der Waals surface area contributed by atoms with Gasteiger partial charge < -0.3 is 0 Å². The first-order chi connectivity index (χ1) is 3.39. The van der Waals surface area contributed by atoms with Gasteiger partial charge in [-0.15, -0.1) is 35.9 Å². The van der Waals surface area contributed by atoms with Crippen LogP contribution in [-0.2, 0) is 0 Å². The predicted molar refractivity (Wildman–Crippen MR) is 50.2 cm³/mol. The minimum Gasteiger partial charge on any atom is -0.295 e. The van der Waals surface area contributed by atoms with E-state index in [1.807, 2.05) is 23.5 Å². The Balaban J connectivity index is 0.000000490. The van der Waals surface area contributed by atoms with Crippen LogP contribution in [-0.4, -0.2) is 15.3 Å². The van der Waals surface area contributed by atoms with Crippen LogP contribution < -0.4 is 5.14 Å². The summed E-state index contributed by atoms with van der Waals surface area (Å²) >= 11 is 3.87. The minimum absolute atomic E-state index is 0. The second-order valence-corrected chi connectivity index (χ2v) is 6.38. The topological polar surface area (TPSA) is 26.0 Å². The largest absolute Gasteiger partial charge is 0.295 e. The SMILES string of the molecule is Cl.N[SH]1CSCSC1. The van der Waals surface area contributed by atoms with Crippen molar-refractivity contribution in [3.05, 3.63) is 0 Å². The molecule has 0 bridgehead atoms. The number of rotatable bonds is 0. The van der Waals surface area contributed by atoms with Crippen LogP contribution in [0, 0.1) is 0 Å². The van der Waals surface area contributed by atoms with Crippen LogP contribution >= 0.6 is 47.0 Å². The van der Waals surface area contributed by atoms with Crippen molar-refractivity contribution < 1.29 is 0 Å². The molecule has 1 fully saturated rings. The molecule has 0 atom stereocenters. The highest BCUT2D eigenvalue weighted by Crippen LogP contribution is 2.34. The number of thioether (sulfide) groups is 2. The van der Waals surface area contributed by atoms with Crippen LogP contribution in [0.25, 0.3) is 0 Å². The molecule has 1 nitrogen and oxygen atoms in total. The first-order valence-electron chi connectivity index (χ1n) is 2.05. The molecule has 0 aromatic heterocycles. The number of hydrogen-bond donors (Lipinski definition) is 2. The Morgan fingerprint density at radius 1 is 1.25 bits per heavy atom. The van der Waals surface area contributed by atoms with E-state index in [2.05, 4.69) is 0 Å². The fourth-order valence-corrected chi connectivity index (χ4v) is 5.66. The second-order valence-electron chi connectivity index (χ2n) is 1.37. The maximum Gasteiger partial charge on any atom is 0.0408 e. The van der Waals surface area contributed by atoms with Crippen molar-refractivity contribution in [1.29, 1.82) is 0 Å². The number of thiol groups is 1. The molecule has 1 rings (SSSR count). The van der Waals surface area contributed by atoms with Crippen LogP contribution in [0.3, 0.4) is 0 Å². The van der Waals surface area contributed by atoms with E-state index < -0.39 is 0 Å². The van der Waals surface area contributed by atoms with Crippen LogP contribution in [0.5, 0.6) is 0 Å². The van der Waals surface area contributed by atoms with E-state index in [1.165, 1.54) is 15.3 Å². The zero-order valence-corrected chi connectivity index (χ0v) is 7.71. The average Bonchev–Trinajstić information content (AvgIpc) is 1.69. The minimum atomic E-state index is -0.0657. The van der Waals surface area contributed by atoms with E-state index in [1.54, 1.807) is 0 Å². The smallest absolute Gasteiger partial charge is 0.0408 e. The molecule has 0 unspecified atom stereocenters. The number of nitrogens with two attached hydrogens (primary N) is 1. The van der Waals surface area contributed by atoms with E-state index in [-0.39, 0.29) is 23.5 Å². The zero-order chi connectivity index (χ0) is 5.11. The normalized spacial score (nSPS) is 24.4. The molecule has 0 aromatic rings. The maximum atomic E-state index is 5.66. The summed E-state index contributed by atoms with van der Waals surface area (Å²) in [6.07, 6.45) is 0. The lowest BCUT2D eigenvalue weighted by atomic mass is 11.8. The highest BCUT2D eigenvalue weighted by atomic mass is 35.5. The fraction of sp³-hybridized carbons (Fsp3) is 1.00. The lowest BCUT2D eigenvalue weighted by Gasteiger charge is -2.19. The lowest BCUT2D eigenvalue weighted by molar-refractivity contribution is 1.86. The number of halogens is 1. The third-order valence-corrected chi connectivity index (χ3v) is 6.13. The third-order valence-electron chi connectivity index (χ3n) is 0.681. The average molecular weight is 192 g/mol. The molecule has 0 radical (unpaired) electrons. The molecule has 5 heteroatoms. The summed E-state index contributed by atoms with van der Waals surface area (Å²) in [5.41, 5.74) is 0. The van der Waals surface area contributed by atoms with E-state index in [0.717, 1.165) is 0 Å². The molecular weight excluding hydrogens is 182 g/mol. The van der Waals surface area contributed by atoms with E-state index in [9.17, 15) is 0 Å². The Morgan fingerprint density at radius 3 is 2.00 bits per heavy atom. The van der Waals surface area contributed by atoms with Crippen molar-refractivity contribution in [2.75, 3.05) is 15.3 Å². The van der Waals surface area contributed by atoms with Gasteiger partial charge in [0.05, 0.1) is 0 Å². The summed E-state index contributed by atoms with van der Waals surface area (Å²) in [5, 5.41) is 9.37. The molecule has 0 amide bonds. The summed E-state index contributed by atoms with van der Waals surface area (Å²) in [7, 11) is 0. The monoisotopic (exact) mass is 191 g/mol. The standard InChI is InChI=1S/C3H9NS3.ClH/c4-7-2-5-1-6-3-7;/h7H,1-4H2;1H. The van der Waals surface area contributed by atoms with Crippen molar-refractivity contribution in [3.63, 3.8) is 0 Å². The Bertz CT molecular complexity index is 56.5. The molecule has 1 saturated heterocycles. The van der Waals surface area contributed by atoms with Gasteiger partial charge in [0.2, 0.25) is 0 Å². The van der Waals surface area contributed by atoms with Gasteiger partial charge in [-0.1, -0.05) is 0 Å². The zero-order valence-electron chi connectivity index (χ0n) is 4.37. The second kappa shape index (κ2) is 5.11. The summed E-state index contributed by atoms with van der Waals surface area (Å²) in [6, 6.07) is 0. The van der Waals surface area contributed by atoms with Crippen molar-refractivity contribution >= 4 is 47.0 Å². The highest BCUT2D eigenvalue weighted by molar-refractivity contribution is 8.37. The van der Waals surface area contributed by atoms with Gasteiger partial charge in [0.15, 0.2) is 0 Å². The van der Waals surface area contributed by atoms with Gasteiger partial charge >= 0.3 is 0 Å². The van der Waals surface area contributed by atoms with Gasteiger partial charge in [-0.2, -0.15) is 11.1 Å². The molecule has 1 aliphatic heterocycles. The van der Waals surface area contributed by atoms with Gasteiger partial charge in [-0.3, -0.25) is 5.14 Å². The Labute approximate surface area is 67.4 Å². The Hall–Kier alpha value is 1.30. The molecule has 1 aliphatic rings. The summed E-state index contributed by atoms with van der Waals surface area (Å²) in [5.74, 6) is 0. The Morgan fingerprint density at radius 2 is 1.75 bits per heavy atom. The van der Waals surface area contributed by atoms with E-state index in [4.69, 9.17) is 5.14 Å².